The van der Waals surface area contributed by atoms with Crippen molar-refractivity contribution in [3.05, 3.63) is 29.8 Å². The number of carboxylic acid groups (broad SMARTS) is 1. The number of thioether (sulfide) groups is 1. The Bertz CT molecular complexity index is 400. The smallest absolute Gasteiger partial charge is 0.328 e. The summed E-state index contributed by atoms with van der Waals surface area (Å²) in [5.74, 6) is -0.836. The van der Waals surface area contributed by atoms with Gasteiger partial charge in [-0.1, -0.05) is 12.1 Å². The zero-order valence-electron chi connectivity index (χ0n) is 9.14. The number of aliphatic carboxylic acids is 1. The summed E-state index contributed by atoms with van der Waals surface area (Å²) >= 11 is 1.63. The van der Waals surface area contributed by atoms with Crippen molar-refractivity contribution in [1.82, 2.24) is 0 Å². The molecular weight excluding hydrogens is 222 g/mol. The van der Waals surface area contributed by atoms with E-state index in [1.54, 1.807) is 11.8 Å². The normalized spacial score (nSPS) is 19.1. The maximum absolute atomic E-state index is 11.3. The zero-order valence-corrected chi connectivity index (χ0v) is 9.96. The van der Waals surface area contributed by atoms with Gasteiger partial charge in [-0.3, -0.25) is 0 Å². The Labute approximate surface area is 99.0 Å². The summed E-state index contributed by atoms with van der Waals surface area (Å²) in [6.07, 6.45) is 3.81. The number of rotatable bonds is 4. The SMILES string of the molecule is CSc1ccc(C(N)(C(=O)O)C2CC2)cc1. The van der Waals surface area contributed by atoms with Crippen molar-refractivity contribution >= 4 is 17.7 Å². The molecule has 0 saturated heterocycles. The minimum Gasteiger partial charge on any atom is -0.480 e. The van der Waals surface area contributed by atoms with Gasteiger partial charge in [0.1, 0.15) is 5.54 Å². The fraction of sp³-hybridized carbons (Fsp3) is 0.417. The fourth-order valence-corrected chi connectivity index (χ4v) is 2.35. The number of carbonyl (C=O) groups is 1. The molecule has 1 fully saturated rings. The molecule has 0 spiro atoms. The van der Waals surface area contributed by atoms with Gasteiger partial charge in [0, 0.05) is 4.90 Å². The quantitative estimate of drug-likeness (QED) is 0.787. The maximum Gasteiger partial charge on any atom is 0.328 e. The van der Waals surface area contributed by atoms with E-state index in [-0.39, 0.29) is 5.92 Å². The van der Waals surface area contributed by atoms with E-state index >= 15 is 0 Å². The number of benzene rings is 1. The van der Waals surface area contributed by atoms with Crippen molar-refractivity contribution in [3.63, 3.8) is 0 Å². The first-order chi connectivity index (χ1) is 7.59. The molecule has 1 saturated carbocycles. The molecule has 1 aromatic rings. The Morgan fingerprint density at radius 1 is 1.44 bits per heavy atom. The molecule has 4 heteroatoms. The van der Waals surface area contributed by atoms with E-state index < -0.39 is 11.5 Å². The van der Waals surface area contributed by atoms with E-state index in [2.05, 4.69) is 0 Å². The largest absolute Gasteiger partial charge is 0.480 e. The van der Waals surface area contributed by atoms with Crippen molar-refractivity contribution < 1.29 is 9.90 Å². The number of hydrogen-bond acceptors (Lipinski definition) is 3. The fourth-order valence-electron chi connectivity index (χ4n) is 1.94. The van der Waals surface area contributed by atoms with Crippen LogP contribution >= 0.6 is 11.8 Å². The molecule has 0 heterocycles. The van der Waals surface area contributed by atoms with Gasteiger partial charge in [-0.25, -0.2) is 4.79 Å². The molecule has 3 nitrogen and oxygen atoms in total. The van der Waals surface area contributed by atoms with Crippen LogP contribution in [0.25, 0.3) is 0 Å². The first kappa shape index (κ1) is 11.5. The first-order valence-electron chi connectivity index (χ1n) is 5.26. The van der Waals surface area contributed by atoms with Gasteiger partial charge in [0.15, 0.2) is 0 Å². The minimum absolute atomic E-state index is 0.0881. The third-order valence-corrected chi connectivity index (χ3v) is 3.89. The molecule has 16 heavy (non-hydrogen) atoms. The molecule has 0 bridgehead atoms. The van der Waals surface area contributed by atoms with Crippen molar-refractivity contribution in [2.75, 3.05) is 6.26 Å². The van der Waals surface area contributed by atoms with Crippen molar-refractivity contribution in [1.29, 1.82) is 0 Å². The standard InChI is InChI=1S/C12H15NO2S/c1-16-10-6-4-9(5-7-10)12(13,11(14)15)8-2-3-8/h4-8H,2-3,13H2,1H3,(H,14,15). The van der Waals surface area contributed by atoms with Crippen LogP contribution in [0.1, 0.15) is 18.4 Å². The lowest BCUT2D eigenvalue weighted by Gasteiger charge is -2.25. The Kier molecular flexibility index (Phi) is 2.95. The van der Waals surface area contributed by atoms with Gasteiger partial charge in [-0.05, 0) is 42.7 Å². The topological polar surface area (TPSA) is 63.3 Å². The zero-order chi connectivity index (χ0) is 11.8. The van der Waals surface area contributed by atoms with Gasteiger partial charge in [0.25, 0.3) is 0 Å². The van der Waals surface area contributed by atoms with Crippen LogP contribution in [0.5, 0.6) is 0 Å². The second-order valence-corrected chi connectivity index (χ2v) is 5.06. The van der Waals surface area contributed by atoms with Crippen LogP contribution in [0.15, 0.2) is 29.2 Å². The molecule has 0 radical (unpaired) electrons. The van der Waals surface area contributed by atoms with Crippen LogP contribution in [0.2, 0.25) is 0 Å². The molecule has 1 unspecified atom stereocenters. The van der Waals surface area contributed by atoms with Crippen LogP contribution in [-0.4, -0.2) is 17.3 Å². The number of hydrogen-bond donors (Lipinski definition) is 2. The summed E-state index contributed by atoms with van der Waals surface area (Å²) in [6, 6.07) is 7.51. The molecular formula is C12H15NO2S. The number of carboxylic acids is 1. The molecule has 1 atom stereocenters. The molecule has 0 amide bonds. The Hall–Kier alpha value is -1.00. The molecule has 2 rings (SSSR count). The monoisotopic (exact) mass is 237 g/mol. The third-order valence-electron chi connectivity index (χ3n) is 3.14. The lowest BCUT2D eigenvalue weighted by molar-refractivity contribution is -0.144. The molecule has 1 aromatic carbocycles. The molecule has 86 valence electrons. The van der Waals surface area contributed by atoms with Crippen molar-refractivity contribution in [3.8, 4) is 0 Å². The Morgan fingerprint density at radius 3 is 2.38 bits per heavy atom. The molecule has 3 N–H and O–H groups in total. The van der Waals surface area contributed by atoms with E-state index in [1.807, 2.05) is 30.5 Å². The van der Waals surface area contributed by atoms with Gasteiger partial charge >= 0.3 is 5.97 Å². The van der Waals surface area contributed by atoms with Gasteiger partial charge < -0.3 is 10.8 Å². The second-order valence-electron chi connectivity index (χ2n) is 4.18. The third kappa shape index (κ3) is 1.83. The summed E-state index contributed by atoms with van der Waals surface area (Å²) in [5, 5.41) is 9.29. The van der Waals surface area contributed by atoms with Gasteiger partial charge in [0.05, 0.1) is 0 Å². The summed E-state index contributed by atoms with van der Waals surface area (Å²) in [5.41, 5.74) is 5.56. The summed E-state index contributed by atoms with van der Waals surface area (Å²) in [7, 11) is 0. The summed E-state index contributed by atoms with van der Waals surface area (Å²) in [4.78, 5) is 12.4. The van der Waals surface area contributed by atoms with Crippen molar-refractivity contribution in [2.45, 2.75) is 23.3 Å². The van der Waals surface area contributed by atoms with Crippen LogP contribution in [0, 0.1) is 5.92 Å². The van der Waals surface area contributed by atoms with Gasteiger partial charge in [-0.15, -0.1) is 11.8 Å². The summed E-state index contributed by atoms with van der Waals surface area (Å²) in [6.45, 7) is 0. The van der Waals surface area contributed by atoms with E-state index in [1.165, 1.54) is 0 Å². The van der Waals surface area contributed by atoms with E-state index in [0.29, 0.717) is 5.56 Å². The van der Waals surface area contributed by atoms with Crippen LogP contribution in [0.4, 0.5) is 0 Å². The van der Waals surface area contributed by atoms with E-state index in [0.717, 1.165) is 17.7 Å². The van der Waals surface area contributed by atoms with Crippen LogP contribution < -0.4 is 5.73 Å². The molecule has 0 aromatic heterocycles. The predicted molar refractivity (Wildman–Crippen MR) is 64.4 cm³/mol. The summed E-state index contributed by atoms with van der Waals surface area (Å²) < 4.78 is 0. The molecule has 1 aliphatic rings. The van der Waals surface area contributed by atoms with E-state index in [9.17, 15) is 9.90 Å². The Balaban J connectivity index is 2.35. The molecule has 0 aliphatic heterocycles. The predicted octanol–water partition coefficient (Wildman–Crippen LogP) is 2.06. The van der Waals surface area contributed by atoms with Crippen LogP contribution in [0.3, 0.4) is 0 Å². The molecule has 1 aliphatic carbocycles. The first-order valence-corrected chi connectivity index (χ1v) is 6.48. The second kappa shape index (κ2) is 4.11. The highest BCUT2D eigenvalue weighted by atomic mass is 32.2. The number of nitrogens with two attached hydrogens (primary N) is 1. The lowest BCUT2D eigenvalue weighted by atomic mass is 9.86. The van der Waals surface area contributed by atoms with Gasteiger partial charge in [0.2, 0.25) is 0 Å². The Morgan fingerprint density at radius 2 is 2.00 bits per heavy atom. The average Bonchev–Trinajstić information content (AvgIpc) is 3.12. The highest BCUT2D eigenvalue weighted by Crippen LogP contribution is 2.44. The highest BCUT2D eigenvalue weighted by Gasteiger charge is 2.49. The van der Waals surface area contributed by atoms with Crippen LogP contribution in [-0.2, 0) is 10.3 Å². The van der Waals surface area contributed by atoms with Gasteiger partial charge in [-0.2, -0.15) is 0 Å². The van der Waals surface area contributed by atoms with E-state index in [4.69, 9.17) is 5.73 Å². The minimum atomic E-state index is -1.20. The lowest BCUT2D eigenvalue weighted by Crippen LogP contribution is -2.46. The highest BCUT2D eigenvalue weighted by molar-refractivity contribution is 7.98. The van der Waals surface area contributed by atoms with Crippen molar-refractivity contribution in [2.24, 2.45) is 11.7 Å². The average molecular weight is 237 g/mol. The maximum atomic E-state index is 11.3.